The van der Waals surface area contributed by atoms with Crippen LogP contribution in [0, 0.1) is 11.8 Å². The number of carboxylic acids is 1. The molecule has 0 radical (unpaired) electrons. The van der Waals surface area contributed by atoms with Crippen LogP contribution < -0.4 is 0 Å². The molecule has 2 aliphatic rings. The van der Waals surface area contributed by atoms with Gasteiger partial charge in [0.15, 0.2) is 0 Å². The maximum absolute atomic E-state index is 10.8. The van der Waals surface area contributed by atoms with Crippen molar-refractivity contribution in [2.45, 2.75) is 43.8 Å². The van der Waals surface area contributed by atoms with Crippen LogP contribution in [-0.4, -0.2) is 22.1 Å². The average molecular weight is 214 g/mol. The average Bonchev–Trinajstić information content (AvgIpc) is 2.53. The van der Waals surface area contributed by atoms with Crippen molar-refractivity contribution in [3.63, 3.8) is 0 Å². The van der Waals surface area contributed by atoms with E-state index >= 15 is 0 Å². The fourth-order valence-corrected chi connectivity index (χ4v) is 4.03. The normalized spacial score (nSPS) is 32.9. The predicted octanol–water partition coefficient (Wildman–Crippen LogP) is 2.77. The maximum Gasteiger partial charge on any atom is 0.307 e. The van der Waals surface area contributed by atoms with E-state index in [9.17, 15) is 4.79 Å². The molecule has 1 N–H and O–H groups in total. The van der Waals surface area contributed by atoms with Crippen molar-refractivity contribution < 1.29 is 9.90 Å². The molecule has 0 aromatic rings. The highest BCUT2D eigenvalue weighted by Gasteiger charge is 2.37. The first-order valence-corrected chi connectivity index (χ1v) is 6.66. The van der Waals surface area contributed by atoms with Gasteiger partial charge in [-0.25, -0.2) is 0 Å². The van der Waals surface area contributed by atoms with Crippen LogP contribution in [0.5, 0.6) is 0 Å². The third-order valence-electron chi connectivity index (χ3n) is 3.55. The molecular weight excluding hydrogens is 196 g/mol. The van der Waals surface area contributed by atoms with Crippen molar-refractivity contribution in [3.05, 3.63) is 0 Å². The highest BCUT2D eigenvalue weighted by atomic mass is 32.2. The summed E-state index contributed by atoms with van der Waals surface area (Å²) in [5.74, 6) is 1.46. The zero-order chi connectivity index (χ0) is 9.97. The molecule has 2 atom stereocenters. The lowest BCUT2D eigenvalue weighted by molar-refractivity contribution is -0.144. The van der Waals surface area contributed by atoms with E-state index < -0.39 is 5.97 Å². The third-order valence-corrected chi connectivity index (χ3v) is 5.21. The van der Waals surface area contributed by atoms with Gasteiger partial charge in [0, 0.05) is 5.25 Å². The zero-order valence-corrected chi connectivity index (χ0v) is 9.26. The Labute approximate surface area is 89.5 Å². The second-order valence-corrected chi connectivity index (χ2v) is 5.82. The standard InChI is InChI=1S/C11H18O2S/c12-11(13)9-5-6-10(9)14-7-8-3-1-2-4-8/h8-10H,1-7H2,(H,12,13). The summed E-state index contributed by atoms with van der Waals surface area (Å²) in [5, 5.41) is 9.31. The molecule has 2 aliphatic carbocycles. The zero-order valence-electron chi connectivity index (χ0n) is 8.45. The Morgan fingerprint density at radius 1 is 1.21 bits per heavy atom. The van der Waals surface area contributed by atoms with E-state index in [4.69, 9.17) is 5.11 Å². The number of carboxylic acid groups (broad SMARTS) is 1. The second-order valence-electron chi connectivity index (χ2n) is 4.54. The van der Waals surface area contributed by atoms with Gasteiger partial charge in [0.1, 0.15) is 0 Å². The first kappa shape index (κ1) is 10.3. The van der Waals surface area contributed by atoms with Crippen molar-refractivity contribution >= 4 is 17.7 Å². The van der Waals surface area contributed by atoms with Crippen LogP contribution in [0.2, 0.25) is 0 Å². The van der Waals surface area contributed by atoms with E-state index in [1.54, 1.807) is 0 Å². The van der Waals surface area contributed by atoms with Crippen molar-refractivity contribution in [1.29, 1.82) is 0 Å². The third kappa shape index (κ3) is 2.25. The second kappa shape index (κ2) is 4.56. The van der Waals surface area contributed by atoms with E-state index in [0.29, 0.717) is 5.25 Å². The Bertz CT molecular complexity index is 211. The Morgan fingerprint density at radius 2 is 1.93 bits per heavy atom. The lowest BCUT2D eigenvalue weighted by Crippen LogP contribution is -2.35. The maximum atomic E-state index is 10.8. The summed E-state index contributed by atoms with van der Waals surface area (Å²) in [4.78, 5) is 10.8. The van der Waals surface area contributed by atoms with Crippen LogP contribution in [0.1, 0.15) is 38.5 Å². The van der Waals surface area contributed by atoms with Gasteiger partial charge in [-0.3, -0.25) is 4.79 Å². The number of hydrogen-bond acceptors (Lipinski definition) is 2. The van der Waals surface area contributed by atoms with Crippen molar-refractivity contribution in [3.8, 4) is 0 Å². The van der Waals surface area contributed by atoms with Crippen LogP contribution in [0.25, 0.3) is 0 Å². The highest BCUT2D eigenvalue weighted by molar-refractivity contribution is 8.00. The molecule has 3 heteroatoms. The molecule has 2 saturated carbocycles. The smallest absolute Gasteiger partial charge is 0.307 e. The topological polar surface area (TPSA) is 37.3 Å². The first-order valence-electron chi connectivity index (χ1n) is 5.62. The molecule has 0 amide bonds. The first-order chi connectivity index (χ1) is 6.77. The summed E-state index contributed by atoms with van der Waals surface area (Å²) in [6.07, 6.45) is 7.54. The SMILES string of the molecule is O=C(O)C1CCC1SCC1CCCC1. The summed E-state index contributed by atoms with van der Waals surface area (Å²) < 4.78 is 0. The van der Waals surface area contributed by atoms with E-state index in [1.165, 1.54) is 31.4 Å². The van der Waals surface area contributed by atoms with Gasteiger partial charge in [-0.1, -0.05) is 12.8 Å². The number of thioether (sulfide) groups is 1. The highest BCUT2D eigenvalue weighted by Crippen LogP contribution is 2.40. The fraction of sp³-hybridized carbons (Fsp3) is 0.909. The molecule has 0 bridgehead atoms. The van der Waals surface area contributed by atoms with Gasteiger partial charge in [0.2, 0.25) is 0 Å². The molecule has 0 spiro atoms. The minimum atomic E-state index is -0.583. The monoisotopic (exact) mass is 214 g/mol. The van der Waals surface area contributed by atoms with Crippen molar-refractivity contribution in [2.75, 3.05) is 5.75 Å². The Kier molecular flexibility index (Phi) is 3.37. The molecule has 80 valence electrons. The molecule has 2 unspecified atom stereocenters. The molecule has 14 heavy (non-hydrogen) atoms. The van der Waals surface area contributed by atoms with Gasteiger partial charge in [-0.15, -0.1) is 0 Å². The van der Waals surface area contributed by atoms with E-state index in [1.807, 2.05) is 11.8 Å². The molecule has 0 aromatic heterocycles. The van der Waals surface area contributed by atoms with Gasteiger partial charge < -0.3 is 5.11 Å². The van der Waals surface area contributed by atoms with Gasteiger partial charge in [-0.2, -0.15) is 11.8 Å². The number of hydrogen-bond donors (Lipinski definition) is 1. The number of rotatable bonds is 4. The minimum Gasteiger partial charge on any atom is -0.481 e. The van der Waals surface area contributed by atoms with Gasteiger partial charge in [-0.05, 0) is 37.4 Å². The molecule has 0 aliphatic heterocycles. The van der Waals surface area contributed by atoms with Gasteiger partial charge in [0.05, 0.1) is 5.92 Å². The summed E-state index contributed by atoms with van der Waals surface area (Å²) in [5.41, 5.74) is 0. The number of carbonyl (C=O) groups is 1. The van der Waals surface area contributed by atoms with Crippen LogP contribution in [0.15, 0.2) is 0 Å². The molecule has 2 rings (SSSR count). The van der Waals surface area contributed by atoms with E-state index in [-0.39, 0.29) is 5.92 Å². The van der Waals surface area contributed by atoms with Crippen LogP contribution in [-0.2, 0) is 4.79 Å². The Hall–Kier alpha value is -0.180. The lowest BCUT2D eigenvalue weighted by atomic mass is 9.85. The Balaban J connectivity index is 1.67. The fourth-order valence-electron chi connectivity index (χ4n) is 2.39. The van der Waals surface area contributed by atoms with Crippen molar-refractivity contribution in [1.82, 2.24) is 0 Å². The van der Waals surface area contributed by atoms with Crippen LogP contribution >= 0.6 is 11.8 Å². The minimum absolute atomic E-state index is 0.0404. The van der Waals surface area contributed by atoms with Crippen LogP contribution in [0.4, 0.5) is 0 Å². The van der Waals surface area contributed by atoms with Gasteiger partial charge >= 0.3 is 5.97 Å². The molecule has 0 heterocycles. The van der Waals surface area contributed by atoms with E-state index in [2.05, 4.69) is 0 Å². The molecule has 2 fully saturated rings. The molecular formula is C11H18O2S. The summed E-state index contributed by atoms with van der Waals surface area (Å²) in [7, 11) is 0. The van der Waals surface area contributed by atoms with Crippen molar-refractivity contribution in [2.24, 2.45) is 11.8 Å². The predicted molar refractivity (Wildman–Crippen MR) is 58.6 cm³/mol. The largest absolute Gasteiger partial charge is 0.481 e. The van der Waals surface area contributed by atoms with Gasteiger partial charge in [0.25, 0.3) is 0 Å². The number of aliphatic carboxylic acids is 1. The summed E-state index contributed by atoms with van der Waals surface area (Å²) in [6.45, 7) is 0. The quantitative estimate of drug-likeness (QED) is 0.782. The lowest BCUT2D eigenvalue weighted by Gasteiger charge is -2.33. The molecule has 0 aromatic carbocycles. The summed E-state index contributed by atoms with van der Waals surface area (Å²) >= 11 is 1.92. The molecule has 2 nitrogen and oxygen atoms in total. The summed E-state index contributed by atoms with van der Waals surface area (Å²) in [6, 6.07) is 0. The molecule has 0 saturated heterocycles. The van der Waals surface area contributed by atoms with Crippen LogP contribution in [0.3, 0.4) is 0 Å². The Morgan fingerprint density at radius 3 is 2.43 bits per heavy atom. The van der Waals surface area contributed by atoms with E-state index in [0.717, 1.165) is 18.8 Å².